The van der Waals surface area contributed by atoms with E-state index in [-0.39, 0.29) is 11.2 Å². The highest BCUT2D eigenvalue weighted by atomic mass is 35.5. The summed E-state index contributed by atoms with van der Waals surface area (Å²) in [6.07, 6.45) is 2.56. The minimum atomic E-state index is -1.000. The second kappa shape index (κ2) is 8.57. The lowest BCUT2D eigenvalue weighted by Crippen LogP contribution is -2.22. The molecular weight excluding hydrogens is 346 g/mol. The Hall–Kier alpha value is -2.24. The van der Waals surface area contributed by atoms with Crippen molar-refractivity contribution in [1.29, 1.82) is 0 Å². The lowest BCUT2D eigenvalue weighted by Gasteiger charge is -2.12. The summed E-state index contributed by atoms with van der Waals surface area (Å²) < 4.78 is 0. The lowest BCUT2D eigenvalue weighted by molar-refractivity contribution is -0.131. The second-order valence-electron chi connectivity index (χ2n) is 5.00. The van der Waals surface area contributed by atoms with Crippen LogP contribution in [0.2, 0.25) is 5.02 Å². The molecule has 2 aromatic rings. The first-order chi connectivity index (χ1) is 11.4. The van der Waals surface area contributed by atoms with Gasteiger partial charge >= 0.3 is 5.97 Å². The Morgan fingerprint density at radius 3 is 2.33 bits per heavy atom. The molecule has 0 heterocycles. The van der Waals surface area contributed by atoms with Crippen LogP contribution in [0.3, 0.4) is 0 Å². The van der Waals surface area contributed by atoms with E-state index in [0.29, 0.717) is 10.7 Å². The van der Waals surface area contributed by atoms with Gasteiger partial charge in [-0.3, -0.25) is 4.79 Å². The molecule has 1 amide bonds. The van der Waals surface area contributed by atoms with E-state index in [1.807, 2.05) is 19.1 Å². The van der Waals surface area contributed by atoms with Crippen molar-refractivity contribution < 1.29 is 14.7 Å². The summed E-state index contributed by atoms with van der Waals surface area (Å²) in [6.45, 7) is 1.83. The van der Waals surface area contributed by atoms with Gasteiger partial charge in [0.1, 0.15) is 0 Å². The van der Waals surface area contributed by atoms with E-state index in [4.69, 9.17) is 16.7 Å². The van der Waals surface area contributed by atoms with Crippen LogP contribution >= 0.6 is 23.4 Å². The van der Waals surface area contributed by atoms with Gasteiger partial charge in [-0.15, -0.1) is 11.8 Å². The monoisotopic (exact) mass is 361 g/mol. The molecular formula is C18H16ClNO3S. The van der Waals surface area contributed by atoms with E-state index >= 15 is 0 Å². The fourth-order valence-corrected chi connectivity index (χ4v) is 2.85. The number of rotatable bonds is 6. The van der Waals surface area contributed by atoms with Crippen LogP contribution in [0.25, 0.3) is 6.08 Å². The van der Waals surface area contributed by atoms with Crippen LogP contribution in [0.5, 0.6) is 0 Å². The molecule has 0 saturated carbocycles. The van der Waals surface area contributed by atoms with E-state index in [2.05, 4.69) is 5.32 Å². The lowest BCUT2D eigenvalue weighted by atomic mass is 10.2. The SMILES string of the molecule is CC(Sc1ccc(Cl)cc1)C(=O)Nc1ccc(C=CC(=O)O)cc1. The Kier molecular flexibility index (Phi) is 6.46. The van der Waals surface area contributed by atoms with Gasteiger partial charge in [-0.2, -0.15) is 0 Å². The van der Waals surface area contributed by atoms with Crippen LogP contribution in [0.15, 0.2) is 59.5 Å². The maximum Gasteiger partial charge on any atom is 0.328 e. The number of nitrogens with one attached hydrogen (secondary N) is 1. The molecule has 2 N–H and O–H groups in total. The molecule has 4 nitrogen and oxygen atoms in total. The minimum Gasteiger partial charge on any atom is -0.478 e. The number of hydrogen-bond donors (Lipinski definition) is 2. The van der Waals surface area contributed by atoms with Crippen LogP contribution in [-0.2, 0) is 9.59 Å². The number of anilines is 1. The zero-order valence-corrected chi connectivity index (χ0v) is 14.5. The first-order valence-electron chi connectivity index (χ1n) is 7.18. The van der Waals surface area contributed by atoms with Gasteiger partial charge in [0.05, 0.1) is 5.25 Å². The number of thioether (sulfide) groups is 1. The van der Waals surface area contributed by atoms with E-state index in [1.165, 1.54) is 17.8 Å². The fourth-order valence-electron chi connectivity index (χ4n) is 1.86. The summed E-state index contributed by atoms with van der Waals surface area (Å²) >= 11 is 7.29. The molecule has 0 radical (unpaired) electrons. The van der Waals surface area contributed by atoms with E-state index in [9.17, 15) is 9.59 Å². The molecule has 0 aromatic heterocycles. The van der Waals surface area contributed by atoms with Gasteiger partial charge in [0.15, 0.2) is 0 Å². The smallest absolute Gasteiger partial charge is 0.328 e. The van der Waals surface area contributed by atoms with Gasteiger partial charge in [0.2, 0.25) is 5.91 Å². The normalized spacial score (nSPS) is 12.1. The van der Waals surface area contributed by atoms with E-state index < -0.39 is 5.97 Å². The number of hydrogen-bond acceptors (Lipinski definition) is 3. The standard InChI is InChI=1S/C18H16ClNO3S/c1-12(24-16-9-5-14(19)6-10-16)18(23)20-15-7-2-13(3-8-15)4-11-17(21)22/h2-12H,1H3,(H,20,23)(H,21,22). The topological polar surface area (TPSA) is 66.4 Å². The number of carboxylic acids is 1. The molecule has 6 heteroatoms. The molecule has 0 spiro atoms. The first kappa shape index (κ1) is 18.1. The van der Waals surface area contributed by atoms with Crippen molar-refractivity contribution in [1.82, 2.24) is 0 Å². The molecule has 0 aliphatic carbocycles. The largest absolute Gasteiger partial charge is 0.478 e. The van der Waals surface area contributed by atoms with Crippen molar-refractivity contribution in [2.24, 2.45) is 0 Å². The summed E-state index contributed by atoms with van der Waals surface area (Å²) in [7, 11) is 0. The predicted molar refractivity (Wildman–Crippen MR) is 98.5 cm³/mol. The highest BCUT2D eigenvalue weighted by Crippen LogP contribution is 2.25. The maximum atomic E-state index is 12.2. The Labute approximate surface area is 149 Å². The fraction of sp³-hybridized carbons (Fsp3) is 0.111. The van der Waals surface area contributed by atoms with Crippen molar-refractivity contribution in [3.8, 4) is 0 Å². The second-order valence-corrected chi connectivity index (χ2v) is 6.85. The molecule has 1 atom stereocenters. The number of carbonyl (C=O) groups excluding carboxylic acids is 1. The molecule has 0 bridgehead atoms. The number of halogens is 1. The van der Waals surface area contributed by atoms with Gasteiger partial charge in [-0.1, -0.05) is 23.7 Å². The third-order valence-electron chi connectivity index (χ3n) is 3.09. The van der Waals surface area contributed by atoms with Crippen molar-refractivity contribution in [2.75, 3.05) is 5.32 Å². The average Bonchev–Trinajstić information content (AvgIpc) is 2.56. The summed E-state index contributed by atoms with van der Waals surface area (Å²) in [4.78, 5) is 23.7. The van der Waals surface area contributed by atoms with Crippen molar-refractivity contribution in [3.05, 3.63) is 65.2 Å². The molecule has 0 saturated heterocycles. The number of carbonyl (C=O) groups is 2. The third-order valence-corrected chi connectivity index (χ3v) is 4.46. The number of aliphatic carboxylic acids is 1. The highest BCUT2D eigenvalue weighted by molar-refractivity contribution is 8.00. The molecule has 24 heavy (non-hydrogen) atoms. The molecule has 0 aliphatic heterocycles. The van der Waals surface area contributed by atoms with Gasteiger partial charge in [0, 0.05) is 21.7 Å². The first-order valence-corrected chi connectivity index (χ1v) is 8.44. The maximum absolute atomic E-state index is 12.2. The summed E-state index contributed by atoms with van der Waals surface area (Å²) in [5.74, 6) is -1.11. The van der Waals surface area contributed by atoms with Crippen LogP contribution in [0.1, 0.15) is 12.5 Å². The van der Waals surface area contributed by atoms with Crippen molar-refractivity contribution in [2.45, 2.75) is 17.1 Å². The number of carboxylic acid groups (broad SMARTS) is 1. The van der Waals surface area contributed by atoms with E-state index in [1.54, 1.807) is 36.4 Å². The molecule has 0 aliphatic rings. The van der Waals surface area contributed by atoms with Crippen LogP contribution in [-0.4, -0.2) is 22.2 Å². The van der Waals surface area contributed by atoms with Crippen LogP contribution in [0, 0.1) is 0 Å². The molecule has 2 rings (SSSR count). The molecule has 124 valence electrons. The van der Waals surface area contributed by atoms with Gasteiger partial charge in [0.25, 0.3) is 0 Å². The third kappa shape index (κ3) is 5.76. The quantitative estimate of drug-likeness (QED) is 0.584. The average molecular weight is 362 g/mol. The molecule has 1 unspecified atom stereocenters. The zero-order chi connectivity index (χ0) is 17.5. The van der Waals surface area contributed by atoms with Gasteiger partial charge in [-0.25, -0.2) is 4.79 Å². The molecule has 2 aromatic carbocycles. The molecule has 0 fully saturated rings. The van der Waals surface area contributed by atoms with E-state index in [0.717, 1.165) is 16.5 Å². The van der Waals surface area contributed by atoms with Crippen molar-refractivity contribution >= 4 is 47.0 Å². The zero-order valence-electron chi connectivity index (χ0n) is 12.9. The van der Waals surface area contributed by atoms with Crippen LogP contribution < -0.4 is 5.32 Å². The summed E-state index contributed by atoms with van der Waals surface area (Å²) in [5, 5.41) is 11.8. The Bertz CT molecular complexity index is 742. The summed E-state index contributed by atoms with van der Waals surface area (Å²) in [5.41, 5.74) is 1.41. The number of amides is 1. The predicted octanol–water partition coefficient (Wildman–Crippen LogP) is 4.56. The number of benzene rings is 2. The summed E-state index contributed by atoms with van der Waals surface area (Å²) in [6, 6.07) is 14.3. The van der Waals surface area contributed by atoms with Crippen LogP contribution in [0.4, 0.5) is 5.69 Å². The Balaban J connectivity index is 1.93. The van der Waals surface area contributed by atoms with Gasteiger partial charge in [-0.05, 0) is 55.0 Å². The Morgan fingerprint density at radius 1 is 1.12 bits per heavy atom. The van der Waals surface area contributed by atoms with Crippen molar-refractivity contribution in [3.63, 3.8) is 0 Å². The van der Waals surface area contributed by atoms with Gasteiger partial charge < -0.3 is 10.4 Å². The minimum absolute atomic E-state index is 0.108. The Morgan fingerprint density at radius 2 is 1.75 bits per heavy atom. The highest BCUT2D eigenvalue weighted by Gasteiger charge is 2.14.